The highest BCUT2D eigenvalue weighted by atomic mass is 32.1. The number of carbonyl (C=O) groups excluding carboxylic acids is 1. The number of amides is 1. The van der Waals surface area contributed by atoms with Crippen molar-refractivity contribution in [1.29, 1.82) is 0 Å². The van der Waals surface area contributed by atoms with E-state index >= 15 is 0 Å². The number of hydrogen-bond donors (Lipinski definition) is 2. The van der Waals surface area contributed by atoms with E-state index in [1.807, 2.05) is 24.3 Å². The molecule has 0 bridgehead atoms. The molecule has 2 aromatic carbocycles. The molecular weight excluding hydrogens is 394 g/mol. The number of hydrogen-bond acceptors (Lipinski definition) is 4. The van der Waals surface area contributed by atoms with Crippen LogP contribution in [-0.4, -0.2) is 39.2 Å². The van der Waals surface area contributed by atoms with Gasteiger partial charge >= 0.3 is 0 Å². The Balaban J connectivity index is 1.31. The Morgan fingerprint density at radius 2 is 1.90 bits per heavy atom. The fourth-order valence-electron chi connectivity index (χ4n) is 3.69. The minimum Gasteiger partial charge on any atom is -0.352 e. The summed E-state index contributed by atoms with van der Waals surface area (Å²) in [6.45, 7) is 2.18. The molecule has 7 heteroatoms. The quantitative estimate of drug-likeness (QED) is 0.515. The SMILES string of the molecule is CN(Cc1ccccc1)Cc1cccc(C(=O)NCCc2n[nH]c(=S)n2C2CC2)c1. The van der Waals surface area contributed by atoms with E-state index in [1.54, 1.807) is 0 Å². The summed E-state index contributed by atoms with van der Waals surface area (Å²) < 4.78 is 2.76. The van der Waals surface area contributed by atoms with Gasteiger partial charge in [-0.05, 0) is 55.4 Å². The number of nitrogens with one attached hydrogen (secondary N) is 2. The number of carbonyl (C=O) groups is 1. The first kappa shape index (κ1) is 20.5. The van der Waals surface area contributed by atoms with Crippen LogP contribution in [0.25, 0.3) is 0 Å². The van der Waals surface area contributed by atoms with E-state index in [-0.39, 0.29) is 5.91 Å². The van der Waals surface area contributed by atoms with Gasteiger partial charge in [0.05, 0.1) is 0 Å². The van der Waals surface area contributed by atoms with Gasteiger partial charge in [0.1, 0.15) is 5.82 Å². The number of aromatic amines is 1. The molecule has 2 N–H and O–H groups in total. The lowest BCUT2D eigenvalue weighted by atomic mass is 10.1. The molecule has 1 aromatic heterocycles. The van der Waals surface area contributed by atoms with Crippen molar-refractivity contribution in [2.45, 2.75) is 38.4 Å². The average molecular weight is 422 g/mol. The van der Waals surface area contributed by atoms with Gasteiger partial charge in [0.15, 0.2) is 4.77 Å². The number of aromatic nitrogens is 3. The molecule has 3 aromatic rings. The molecule has 0 aliphatic heterocycles. The summed E-state index contributed by atoms with van der Waals surface area (Å²) in [4.78, 5) is 14.9. The van der Waals surface area contributed by atoms with E-state index in [9.17, 15) is 4.79 Å². The van der Waals surface area contributed by atoms with Crippen molar-refractivity contribution in [2.24, 2.45) is 0 Å². The molecule has 0 unspecified atom stereocenters. The maximum Gasteiger partial charge on any atom is 0.251 e. The molecule has 6 nitrogen and oxygen atoms in total. The fourth-order valence-corrected chi connectivity index (χ4v) is 3.99. The van der Waals surface area contributed by atoms with E-state index < -0.39 is 0 Å². The van der Waals surface area contributed by atoms with Crippen molar-refractivity contribution in [3.05, 3.63) is 81.9 Å². The van der Waals surface area contributed by atoms with Crippen LogP contribution in [0.2, 0.25) is 0 Å². The maximum atomic E-state index is 12.6. The summed E-state index contributed by atoms with van der Waals surface area (Å²) in [5.74, 6) is 0.855. The predicted octanol–water partition coefficient (Wildman–Crippen LogP) is 3.88. The molecule has 1 amide bonds. The first-order chi connectivity index (χ1) is 14.6. The third-order valence-electron chi connectivity index (χ3n) is 5.26. The van der Waals surface area contributed by atoms with Crippen molar-refractivity contribution in [3.8, 4) is 0 Å². The van der Waals surface area contributed by atoms with Crippen LogP contribution in [0.15, 0.2) is 54.6 Å². The summed E-state index contributed by atoms with van der Waals surface area (Å²) in [6, 6.07) is 18.7. The highest BCUT2D eigenvalue weighted by Gasteiger charge is 2.27. The lowest BCUT2D eigenvalue weighted by Gasteiger charge is -2.17. The molecule has 1 aliphatic carbocycles. The first-order valence-corrected chi connectivity index (χ1v) is 10.8. The monoisotopic (exact) mass is 421 g/mol. The van der Waals surface area contributed by atoms with Crippen LogP contribution in [0.5, 0.6) is 0 Å². The molecule has 156 valence electrons. The van der Waals surface area contributed by atoms with Gasteiger partial charge in [0, 0.05) is 37.7 Å². The summed E-state index contributed by atoms with van der Waals surface area (Å²) in [5, 5.41) is 10.2. The van der Waals surface area contributed by atoms with Gasteiger partial charge in [-0.3, -0.25) is 14.8 Å². The Labute approximate surface area is 181 Å². The standard InChI is InChI=1S/C23H27N5OS/c1-27(15-17-6-3-2-4-7-17)16-18-8-5-9-19(14-18)22(29)24-13-12-21-25-26-23(30)28(21)20-10-11-20/h2-9,14,20H,10-13,15-16H2,1H3,(H,24,29)(H,26,30). The predicted molar refractivity (Wildman–Crippen MR) is 120 cm³/mol. The van der Waals surface area contributed by atoms with Gasteiger partial charge in [0.2, 0.25) is 0 Å². The van der Waals surface area contributed by atoms with E-state index in [1.165, 1.54) is 5.56 Å². The molecule has 1 aliphatic rings. The number of H-pyrrole nitrogens is 1. The van der Waals surface area contributed by atoms with Gasteiger partial charge in [-0.2, -0.15) is 5.10 Å². The maximum absolute atomic E-state index is 12.6. The highest BCUT2D eigenvalue weighted by Crippen LogP contribution is 2.35. The van der Waals surface area contributed by atoms with Crippen LogP contribution in [0, 0.1) is 4.77 Å². The average Bonchev–Trinajstić information content (AvgIpc) is 3.51. The first-order valence-electron chi connectivity index (χ1n) is 10.4. The van der Waals surface area contributed by atoms with E-state index in [0.29, 0.717) is 29.3 Å². The highest BCUT2D eigenvalue weighted by molar-refractivity contribution is 7.71. The van der Waals surface area contributed by atoms with Gasteiger partial charge in [-0.15, -0.1) is 0 Å². The summed E-state index contributed by atoms with van der Waals surface area (Å²) in [7, 11) is 2.09. The third kappa shape index (κ3) is 5.23. The molecular formula is C23H27N5OS. The minimum absolute atomic E-state index is 0.0605. The molecule has 1 saturated carbocycles. The van der Waals surface area contributed by atoms with E-state index in [2.05, 4.69) is 62.4 Å². The zero-order chi connectivity index (χ0) is 20.9. The molecule has 0 spiro atoms. The summed E-state index contributed by atoms with van der Waals surface area (Å²) in [6.07, 6.45) is 2.96. The molecule has 0 radical (unpaired) electrons. The lowest BCUT2D eigenvalue weighted by Crippen LogP contribution is -2.26. The fraction of sp³-hybridized carbons (Fsp3) is 0.348. The van der Waals surface area contributed by atoms with Gasteiger partial charge in [0.25, 0.3) is 5.91 Å². The van der Waals surface area contributed by atoms with Crippen molar-refractivity contribution >= 4 is 18.1 Å². The zero-order valence-corrected chi connectivity index (χ0v) is 18.0. The van der Waals surface area contributed by atoms with Crippen LogP contribution in [0.3, 0.4) is 0 Å². The van der Waals surface area contributed by atoms with Crippen LogP contribution in [-0.2, 0) is 19.5 Å². The van der Waals surface area contributed by atoms with Crippen molar-refractivity contribution in [1.82, 2.24) is 25.0 Å². The van der Waals surface area contributed by atoms with Crippen molar-refractivity contribution in [2.75, 3.05) is 13.6 Å². The molecule has 1 heterocycles. The van der Waals surface area contributed by atoms with E-state index in [4.69, 9.17) is 12.2 Å². The van der Waals surface area contributed by atoms with Gasteiger partial charge < -0.3 is 9.88 Å². The second-order valence-corrected chi connectivity index (χ2v) is 8.30. The molecule has 30 heavy (non-hydrogen) atoms. The second kappa shape index (κ2) is 9.36. The Morgan fingerprint density at radius 1 is 1.17 bits per heavy atom. The van der Waals surface area contributed by atoms with Crippen molar-refractivity contribution in [3.63, 3.8) is 0 Å². The van der Waals surface area contributed by atoms with E-state index in [0.717, 1.165) is 37.3 Å². The zero-order valence-electron chi connectivity index (χ0n) is 17.2. The number of benzene rings is 2. The Morgan fingerprint density at radius 3 is 2.67 bits per heavy atom. The second-order valence-electron chi connectivity index (χ2n) is 7.91. The molecule has 0 saturated heterocycles. The summed E-state index contributed by atoms with van der Waals surface area (Å²) >= 11 is 5.31. The topological polar surface area (TPSA) is 66.0 Å². The van der Waals surface area contributed by atoms with Crippen LogP contribution >= 0.6 is 12.2 Å². The lowest BCUT2D eigenvalue weighted by molar-refractivity contribution is 0.0953. The van der Waals surface area contributed by atoms with Crippen LogP contribution < -0.4 is 5.32 Å². The number of nitrogens with zero attached hydrogens (tertiary/aromatic N) is 3. The minimum atomic E-state index is -0.0605. The normalized spacial score (nSPS) is 13.5. The van der Waals surface area contributed by atoms with Crippen molar-refractivity contribution < 1.29 is 4.79 Å². The van der Waals surface area contributed by atoms with Gasteiger partial charge in [-0.25, -0.2) is 0 Å². The molecule has 1 fully saturated rings. The number of rotatable bonds is 9. The Bertz CT molecular complexity index is 1050. The van der Waals surface area contributed by atoms with Crippen LogP contribution in [0.1, 0.15) is 46.2 Å². The van der Waals surface area contributed by atoms with Crippen LogP contribution in [0.4, 0.5) is 0 Å². The third-order valence-corrected chi connectivity index (χ3v) is 5.55. The smallest absolute Gasteiger partial charge is 0.251 e. The Kier molecular flexibility index (Phi) is 6.40. The largest absolute Gasteiger partial charge is 0.352 e. The Hall–Kier alpha value is -2.77. The summed E-state index contributed by atoms with van der Waals surface area (Å²) in [5.41, 5.74) is 3.08. The van der Waals surface area contributed by atoms with Gasteiger partial charge in [-0.1, -0.05) is 42.5 Å². The molecule has 4 rings (SSSR count). The molecule has 0 atom stereocenters.